The number of amides is 1. The van der Waals surface area contributed by atoms with Crippen molar-refractivity contribution in [2.75, 3.05) is 18.0 Å². The molecule has 0 heterocycles. The number of ether oxygens (including phenoxy) is 1. The van der Waals surface area contributed by atoms with E-state index in [9.17, 15) is 13.2 Å². The Hall–Kier alpha value is -3.17. The Balaban J connectivity index is 1.87. The lowest BCUT2D eigenvalue weighted by Gasteiger charge is -2.24. The van der Waals surface area contributed by atoms with Crippen molar-refractivity contribution in [3.63, 3.8) is 0 Å². The van der Waals surface area contributed by atoms with Crippen molar-refractivity contribution in [2.24, 2.45) is 5.10 Å². The second-order valence-electron chi connectivity index (χ2n) is 7.26. The number of sulfonamides is 1. The lowest BCUT2D eigenvalue weighted by molar-refractivity contribution is -0.119. The molecule has 3 aromatic carbocycles. The number of carbonyl (C=O) groups is 1. The molecule has 0 aliphatic rings. The third kappa shape index (κ3) is 6.21. The van der Waals surface area contributed by atoms with Gasteiger partial charge in [0.1, 0.15) is 12.3 Å². The van der Waals surface area contributed by atoms with E-state index in [1.807, 2.05) is 31.2 Å². The van der Waals surface area contributed by atoms with Gasteiger partial charge in [0, 0.05) is 4.47 Å². The minimum atomic E-state index is -4.00. The third-order valence-electron chi connectivity index (χ3n) is 4.87. The van der Waals surface area contributed by atoms with Crippen molar-refractivity contribution in [1.82, 2.24) is 5.43 Å². The summed E-state index contributed by atoms with van der Waals surface area (Å²) in [4.78, 5) is 12.8. The van der Waals surface area contributed by atoms with Gasteiger partial charge in [-0.1, -0.05) is 45.8 Å². The van der Waals surface area contributed by atoms with Crippen molar-refractivity contribution in [3.05, 3.63) is 88.4 Å². The summed E-state index contributed by atoms with van der Waals surface area (Å²) in [5, 5.41) is 4.12. The van der Waals surface area contributed by atoms with E-state index in [1.54, 1.807) is 43.3 Å². The van der Waals surface area contributed by atoms with Crippen LogP contribution < -0.4 is 14.5 Å². The Morgan fingerprint density at radius 3 is 2.18 bits per heavy atom. The first-order valence-corrected chi connectivity index (χ1v) is 12.3. The van der Waals surface area contributed by atoms with Gasteiger partial charge in [-0.05, 0) is 67.9 Å². The van der Waals surface area contributed by atoms with Gasteiger partial charge >= 0.3 is 0 Å². The SMILES string of the molecule is COc1ccc(N(CC(=O)N/N=C(/C)c2ccc(Br)cc2)S(=O)(=O)c2ccc(C)cc2)cc1. The topological polar surface area (TPSA) is 88.1 Å². The van der Waals surface area contributed by atoms with Crippen molar-refractivity contribution >= 4 is 43.3 Å². The molecule has 1 N–H and O–H groups in total. The lowest BCUT2D eigenvalue weighted by Crippen LogP contribution is -2.39. The van der Waals surface area contributed by atoms with Crippen LogP contribution in [0.5, 0.6) is 5.75 Å². The number of hydrazone groups is 1. The summed E-state index contributed by atoms with van der Waals surface area (Å²) in [6.07, 6.45) is 0. The molecular weight excluding hydrogens is 506 g/mol. The maximum absolute atomic E-state index is 13.4. The van der Waals surface area contributed by atoms with Gasteiger partial charge in [0.2, 0.25) is 0 Å². The van der Waals surface area contributed by atoms with Gasteiger partial charge in [0.25, 0.3) is 15.9 Å². The predicted molar refractivity (Wildman–Crippen MR) is 133 cm³/mol. The highest BCUT2D eigenvalue weighted by Gasteiger charge is 2.27. The molecule has 0 saturated heterocycles. The molecule has 33 heavy (non-hydrogen) atoms. The molecule has 7 nitrogen and oxygen atoms in total. The Morgan fingerprint density at radius 1 is 1.00 bits per heavy atom. The van der Waals surface area contributed by atoms with E-state index in [1.165, 1.54) is 19.2 Å². The molecule has 3 aromatic rings. The highest BCUT2D eigenvalue weighted by atomic mass is 79.9. The van der Waals surface area contributed by atoms with Crippen molar-refractivity contribution in [2.45, 2.75) is 18.7 Å². The Bertz CT molecular complexity index is 1240. The Labute approximate surface area is 202 Å². The van der Waals surface area contributed by atoms with E-state index < -0.39 is 22.5 Å². The van der Waals surface area contributed by atoms with Gasteiger partial charge in [0.05, 0.1) is 23.4 Å². The molecule has 0 unspecified atom stereocenters. The summed E-state index contributed by atoms with van der Waals surface area (Å²) in [5.41, 5.74) is 5.14. The smallest absolute Gasteiger partial charge is 0.264 e. The fraction of sp³-hybridized carbons (Fsp3) is 0.167. The average Bonchev–Trinajstić information content (AvgIpc) is 2.81. The monoisotopic (exact) mass is 529 g/mol. The molecule has 172 valence electrons. The van der Waals surface area contributed by atoms with Crippen LogP contribution in [0.1, 0.15) is 18.1 Å². The molecule has 0 saturated carbocycles. The molecule has 3 rings (SSSR count). The second kappa shape index (κ2) is 10.6. The highest BCUT2D eigenvalue weighted by molar-refractivity contribution is 9.10. The first kappa shape index (κ1) is 24.5. The van der Waals surface area contributed by atoms with E-state index in [0.717, 1.165) is 19.9 Å². The first-order chi connectivity index (χ1) is 15.7. The average molecular weight is 530 g/mol. The van der Waals surface area contributed by atoms with Crippen molar-refractivity contribution < 1.29 is 17.9 Å². The lowest BCUT2D eigenvalue weighted by atomic mass is 10.1. The summed E-state index contributed by atoms with van der Waals surface area (Å²) in [5.74, 6) is 0.00331. The predicted octanol–water partition coefficient (Wildman–Crippen LogP) is 4.50. The van der Waals surface area contributed by atoms with E-state index >= 15 is 0 Å². The van der Waals surface area contributed by atoms with Gasteiger partial charge < -0.3 is 4.74 Å². The number of nitrogens with zero attached hydrogens (tertiary/aromatic N) is 2. The third-order valence-corrected chi connectivity index (χ3v) is 7.18. The van der Waals surface area contributed by atoms with Crippen LogP contribution in [0.15, 0.2) is 87.3 Å². The minimum Gasteiger partial charge on any atom is -0.497 e. The van der Waals surface area contributed by atoms with Gasteiger partial charge in [-0.3, -0.25) is 9.10 Å². The summed E-state index contributed by atoms with van der Waals surface area (Å²) in [7, 11) is -2.48. The maximum atomic E-state index is 13.4. The number of carbonyl (C=O) groups excluding carboxylic acids is 1. The number of hydrogen-bond donors (Lipinski definition) is 1. The van der Waals surface area contributed by atoms with Crippen molar-refractivity contribution in [3.8, 4) is 5.75 Å². The zero-order valence-electron chi connectivity index (χ0n) is 18.4. The number of aryl methyl sites for hydroxylation is 1. The Morgan fingerprint density at radius 2 is 1.61 bits per heavy atom. The molecule has 0 bridgehead atoms. The van der Waals surface area contributed by atoms with Crippen LogP contribution in [0.4, 0.5) is 5.69 Å². The normalized spacial score (nSPS) is 11.7. The quantitative estimate of drug-likeness (QED) is 0.343. The number of nitrogens with one attached hydrogen (secondary N) is 1. The number of methoxy groups -OCH3 is 1. The van der Waals surface area contributed by atoms with Crippen LogP contribution in [-0.4, -0.2) is 33.7 Å². The molecule has 9 heteroatoms. The second-order valence-corrected chi connectivity index (χ2v) is 10.0. The number of rotatable bonds is 8. The minimum absolute atomic E-state index is 0.0891. The summed E-state index contributed by atoms with van der Waals surface area (Å²) < 4.78 is 33.9. The van der Waals surface area contributed by atoms with E-state index in [2.05, 4.69) is 26.5 Å². The first-order valence-electron chi connectivity index (χ1n) is 10.0. The number of anilines is 1. The molecule has 0 radical (unpaired) electrons. The largest absolute Gasteiger partial charge is 0.497 e. The van der Waals surface area contributed by atoms with Crippen LogP contribution in [-0.2, 0) is 14.8 Å². The highest BCUT2D eigenvalue weighted by Crippen LogP contribution is 2.26. The standard InChI is InChI=1S/C24H24BrN3O4S/c1-17-4-14-23(15-5-17)33(30,31)28(21-10-12-22(32-3)13-11-21)16-24(29)27-26-18(2)19-6-8-20(25)9-7-19/h4-15H,16H2,1-3H3,(H,27,29)/b26-18-. The molecule has 1 amide bonds. The molecule has 0 fully saturated rings. The summed E-state index contributed by atoms with van der Waals surface area (Å²) >= 11 is 3.38. The molecule has 0 aromatic heterocycles. The van der Waals surface area contributed by atoms with E-state index in [0.29, 0.717) is 17.1 Å². The maximum Gasteiger partial charge on any atom is 0.264 e. The molecular formula is C24H24BrN3O4S. The van der Waals surface area contributed by atoms with Crippen LogP contribution >= 0.6 is 15.9 Å². The fourth-order valence-corrected chi connectivity index (χ4v) is 4.65. The van der Waals surface area contributed by atoms with Gasteiger partial charge in [-0.15, -0.1) is 0 Å². The van der Waals surface area contributed by atoms with Crippen LogP contribution in [0.25, 0.3) is 0 Å². The number of halogens is 1. The zero-order valence-corrected chi connectivity index (χ0v) is 20.9. The van der Waals surface area contributed by atoms with Crippen LogP contribution in [0, 0.1) is 6.92 Å². The van der Waals surface area contributed by atoms with Crippen LogP contribution in [0.2, 0.25) is 0 Å². The number of hydrogen-bond acceptors (Lipinski definition) is 5. The summed E-state index contributed by atoms with van der Waals surface area (Å²) in [6.45, 7) is 3.18. The van der Waals surface area contributed by atoms with Gasteiger partial charge in [-0.25, -0.2) is 13.8 Å². The van der Waals surface area contributed by atoms with E-state index in [-0.39, 0.29) is 4.90 Å². The molecule has 0 spiro atoms. The van der Waals surface area contributed by atoms with Crippen molar-refractivity contribution in [1.29, 1.82) is 0 Å². The molecule has 0 aliphatic carbocycles. The van der Waals surface area contributed by atoms with Gasteiger partial charge in [0.15, 0.2) is 0 Å². The Kier molecular flexibility index (Phi) is 7.88. The van der Waals surface area contributed by atoms with Gasteiger partial charge in [-0.2, -0.15) is 5.10 Å². The fourth-order valence-electron chi connectivity index (χ4n) is 2.97. The van der Waals surface area contributed by atoms with E-state index in [4.69, 9.17) is 4.74 Å². The van der Waals surface area contributed by atoms with Crippen LogP contribution in [0.3, 0.4) is 0 Å². The molecule has 0 atom stereocenters. The molecule has 0 aliphatic heterocycles. The number of benzene rings is 3. The zero-order chi connectivity index (χ0) is 24.0. The summed E-state index contributed by atoms with van der Waals surface area (Å²) in [6, 6.07) is 20.4.